The Hall–Kier alpha value is -2.87. The Morgan fingerprint density at radius 1 is 1.15 bits per heavy atom. The van der Waals surface area contributed by atoms with Crippen molar-refractivity contribution in [2.75, 3.05) is 12.9 Å². The van der Waals surface area contributed by atoms with Crippen molar-refractivity contribution in [2.45, 2.75) is 24.0 Å². The lowest BCUT2D eigenvalue weighted by molar-refractivity contribution is 0.0600. The minimum atomic E-state index is -3.53. The Labute approximate surface area is 157 Å². The predicted molar refractivity (Wildman–Crippen MR) is 97.0 cm³/mol. The quantitative estimate of drug-likeness (QED) is 0.807. The largest absolute Gasteiger partial charge is 0.465 e. The van der Waals surface area contributed by atoms with Gasteiger partial charge in [0.25, 0.3) is 0 Å². The van der Waals surface area contributed by atoms with Gasteiger partial charge >= 0.3 is 12.1 Å². The van der Waals surface area contributed by atoms with Gasteiger partial charge in [-0.05, 0) is 29.7 Å². The van der Waals surface area contributed by atoms with Crippen molar-refractivity contribution >= 4 is 21.9 Å². The van der Waals surface area contributed by atoms with E-state index < -0.39 is 27.9 Å². The summed E-state index contributed by atoms with van der Waals surface area (Å²) in [7, 11) is -2.30. The van der Waals surface area contributed by atoms with Crippen LogP contribution in [-0.2, 0) is 25.9 Å². The smallest absolute Gasteiger partial charge is 0.407 e. The maximum atomic E-state index is 12.4. The summed E-state index contributed by atoms with van der Waals surface area (Å²) in [6, 6.07) is 13.0. The number of fused-ring (bicyclic) bond motifs is 1. The number of hydrogen-bond acceptors (Lipinski definition) is 6. The first-order valence-corrected chi connectivity index (χ1v) is 9.98. The lowest BCUT2D eigenvalue weighted by Crippen LogP contribution is -2.34. The molecule has 8 heteroatoms. The fourth-order valence-corrected chi connectivity index (χ4v) is 4.57. The van der Waals surface area contributed by atoms with Gasteiger partial charge in [-0.3, -0.25) is 0 Å². The van der Waals surface area contributed by atoms with Crippen molar-refractivity contribution in [1.82, 2.24) is 5.32 Å². The molecule has 142 valence electrons. The fourth-order valence-electron chi connectivity index (χ4n) is 2.93. The SMILES string of the molecule is COC(=O)c1ccc2c(c1)S(=O)(=O)CC[C@@H]2NC(=O)OCc1ccccc1. The summed E-state index contributed by atoms with van der Waals surface area (Å²) in [4.78, 5) is 23.8. The van der Waals surface area contributed by atoms with E-state index in [2.05, 4.69) is 10.1 Å². The van der Waals surface area contributed by atoms with E-state index in [1.165, 1.54) is 25.3 Å². The third-order valence-corrected chi connectivity index (χ3v) is 6.12. The molecule has 1 heterocycles. The van der Waals surface area contributed by atoms with Crippen LogP contribution in [-0.4, -0.2) is 33.3 Å². The third-order valence-electron chi connectivity index (χ3n) is 4.33. The second-order valence-corrected chi connectivity index (χ2v) is 8.19. The van der Waals surface area contributed by atoms with Gasteiger partial charge in [-0.1, -0.05) is 36.4 Å². The van der Waals surface area contributed by atoms with E-state index in [0.29, 0.717) is 5.56 Å². The van der Waals surface area contributed by atoms with E-state index in [9.17, 15) is 18.0 Å². The molecule has 1 aliphatic rings. The van der Waals surface area contributed by atoms with E-state index in [4.69, 9.17) is 4.74 Å². The molecule has 0 aromatic heterocycles. The average molecular weight is 389 g/mol. The fraction of sp³-hybridized carbons (Fsp3) is 0.263. The average Bonchev–Trinajstić information content (AvgIpc) is 2.68. The Balaban J connectivity index is 1.76. The Bertz CT molecular complexity index is 955. The second-order valence-electron chi connectivity index (χ2n) is 6.11. The maximum Gasteiger partial charge on any atom is 0.407 e. The molecule has 2 aromatic carbocycles. The van der Waals surface area contributed by atoms with Crippen molar-refractivity contribution in [1.29, 1.82) is 0 Å². The first-order chi connectivity index (χ1) is 12.9. The summed E-state index contributed by atoms with van der Waals surface area (Å²) >= 11 is 0. The number of rotatable bonds is 4. The summed E-state index contributed by atoms with van der Waals surface area (Å²) in [6.45, 7) is 0.117. The number of carbonyl (C=O) groups is 2. The molecule has 1 aliphatic heterocycles. The van der Waals surface area contributed by atoms with Crippen LogP contribution in [0, 0.1) is 0 Å². The maximum absolute atomic E-state index is 12.4. The summed E-state index contributed by atoms with van der Waals surface area (Å²) < 4.78 is 34.6. The van der Waals surface area contributed by atoms with Gasteiger partial charge in [0.1, 0.15) is 6.61 Å². The summed E-state index contributed by atoms with van der Waals surface area (Å²) in [5.41, 5.74) is 1.43. The molecular weight excluding hydrogens is 370 g/mol. The number of esters is 1. The molecule has 7 nitrogen and oxygen atoms in total. The van der Waals surface area contributed by atoms with E-state index in [1.807, 2.05) is 30.3 Å². The molecule has 0 spiro atoms. The Morgan fingerprint density at radius 3 is 2.59 bits per heavy atom. The van der Waals surface area contributed by atoms with Crippen LogP contribution in [0.3, 0.4) is 0 Å². The van der Waals surface area contributed by atoms with Crippen molar-refractivity contribution < 1.29 is 27.5 Å². The van der Waals surface area contributed by atoms with E-state index in [0.717, 1.165) is 5.56 Å². The van der Waals surface area contributed by atoms with Gasteiger partial charge in [0, 0.05) is 0 Å². The van der Waals surface area contributed by atoms with Crippen LogP contribution in [0.5, 0.6) is 0 Å². The van der Waals surface area contributed by atoms with Gasteiger partial charge in [-0.2, -0.15) is 0 Å². The zero-order valence-electron chi connectivity index (χ0n) is 14.7. The minimum absolute atomic E-state index is 0.0324. The van der Waals surface area contributed by atoms with Crippen LogP contribution < -0.4 is 5.32 Å². The molecule has 0 unspecified atom stereocenters. The normalized spacial score (nSPS) is 17.4. The molecule has 0 aliphatic carbocycles. The Kier molecular flexibility index (Phi) is 5.46. The van der Waals surface area contributed by atoms with Gasteiger partial charge in [-0.25, -0.2) is 18.0 Å². The molecule has 0 saturated heterocycles. The van der Waals surface area contributed by atoms with Crippen LogP contribution in [0.4, 0.5) is 4.79 Å². The highest BCUT2D eigenvalue weighted by Crippen LogP contribution is 2.33. The topological polar surface area (TPSA) is 98.8 Å². The molecule has 1 atom stereocenters. The molecule has 27 heavy (non-hydrogen) atoms. The van der Waals surface area contributed by atoms with E-state index in [-0.39, 0.29) is 29.2 Å². The number of amides is 1. The lowest BCUT2D eigenvalue weighted by Gasteiger charge is -2.26. The van der Waals surface area contributed by atoms with Crippen molar-refractivity contribution in [3.63, 3.8) is 0 Å². The van der Waals surface area contributed by atoms with E-state index >= 15 is 0 Å². The lowest BCUT2D eigenvalue weighted by atomic mass is 10.0. The molecule has 1 amide bonds. The van der Waals surface area contributed by atoms with Crippen LogP contribution in [0.15, 0.2) is 53.4 Å². The zero-order chi connectivity index (χ0) is 19.4. The first kappa shape index (κ1) is 18.9. The van der Waals surface area contributed by atoms with Gasteiger partial charge in [-0.15, -0.1) is 0 Å². The Morgan fingerprint density at radius 2 is 1.89 bits per heavy atom. The number of alkyl carbamates (subject to hydrolysis) is 1. The highest BCUT2D eigenvalue weighted by atomic mass is 32.2. The van der Waals surface area contributed by atoms with Crippen LogP contribution >= 0.6 is 0 Å². The number of carbonyl (C=O) groups excluding carboxylic acids is 2. The number of methoxy groups -OCH3 is 1. The van der Waals surface area contributed by atoms with Crippen molar-refractivity contribution in [3.05, 3.63) is 65.2 Å². The van der Waals surface area contributed by atoms with Crippen LogP contribution in [0.25, 0.3) is 0 Å². The highest BCUT2D eigenvalue weighted by molar-refractivity contribution is 7.91. The van der Waals surface area contributed by atoms with E-state index in [1.54, 1.807) is 0 Å². The minimum Gasteiger partial charge on any atom is -0.465 e. The van der Waals surface area contributed by atoms with Crippen LogP contribution in [0.2, 0.25) is 0 Å². The molecule has 1 N–H and O–H groups in total. The highest BCUT2D eigenvalue weighted by Gasteiger charge is 2.32. The van der Waals surface area contributed by atoms with Crippen molar-refractivity contribution in [3.8, 4) is 0 Å². The number of benzene rings is 2. The molecule has 0 bridgehead atoms. The summed E-state index contributed by atoms with van der Waals surface area (Å²) in [6.07, 6.45) is -0.404. The van der Waals surface area contributed by atoms with Gasteiger partial charge < -0.3 is 14.8 Å². The van der Waals surface area contributed by atoms with Crippen LogP contribution in [0.1, 0.15) is 33.9 Å². The number of ether oxygens (including phenoxy) is 2. The summed E-state index contributed by atoms with van der Waals surface area (Å²) in [5, 5.41) is 2.70. The molecule has 2 aromatic rings. The molecule has 0 fully saturated rings. The monoisotopic (exact) mass is 389 g/mol. The standard InChI is InChI=1S/C19H19NO6S/c1-25-18(21)14-7-8-15-16(9-10-27(23,24)17(15)11-14)20-19(22)26-12-13-5-3-2-4-6-13/h2-8,11,16H,9-10,12H2,1H3,(H,20,22)/t16-/m0/s1. The molecule has 3 rings (SSSR count). The number of sulfone groups is 1. The van der Waals surface area contributed by atoms with Crippen molar-refractivity contribution in [2.24, 2.45) is 0 Å². The molecule has 0 saturated carbocycles. The van der Waals surface area contributed by atoms with Gasteiger partial charge in [0.05, 0.1) is 29.4 Å². The predicted octanol–water partition coefficient (Wildman–Crippen LogP) is 2.62. The first-order valence-electron chi connectivity index (χ1n) is 8.33. The summed E-state index contributed by atoms with van der Waals surface area (Å²) in [5.74, 6) is -0.751. The zero-order valence-corrected chi connectivity index (χ0v) is 15.5. The third kappa shape index (κ3) is 4.28. The van der Waals surface area contributed by atoms with Gasteiger partial charge in [0.2, 0.25) is 0 Å². The number of hydrogen-bond donors (Lipinski definition) is 1. The van der Waals surface area contributed by atoms with Gasteiger partial charge in [0.15, 0.2) is 9.84 Å². The molecule has 0 radical (unpaired) electrons. The number of nitrogens with one attached hydrogen (secondary N) is 1. The molecular formula is C19H19NO6S. The second kappa shape index (κ2) is 7.79.